The Morgan fingerprint density at radius 1 is 1.26 bits per heavy atom. The summed E-state index contributed by atoms with van der Waals surface area (Å²) in [7, 11) is 0. The number of benzene rings is 1. The highest BCUT2D eigenvalue weighted by atomic mass is 19.1. The molecule has 1 heterocycles. The molecule has 19 heavy (non-hydrogen) atoms. The molecule has 1 saturated heterocycles. The molecule has 1 aromatic rings. The van der Waals surface area contributed by atoms with Crippen molar-refractivity contribution >= 4 is 5.69 Å². The Labute approximate surface area is 116 Å². The number of piperidine rings is 1. The lowest BCUT2D eigenvalue weighted by atomic mass is 10.1. The summed E-state index contributed by atoms with van der Waals surface area (Å²) in [5.74, 6) is -0.0791. The maximum absolute atomic E-state index is 14.2. The number of nitrogens with one attached hydrogen (secondary N) is 1. The Hall–Kier alpha value is -1.09. The van der Waals surface area contributed by atoms with E-state index < -0.39 is 0 Å². The number of hydrogen-bond donors (Lipinski definition) is 1. The van der Waals surface area contributed by atoms with Crippen LogP contribution >= 0.6 is 0 Å². The van der Waals surface area contributed by atoms with E-state index in [-0.39, 0.29) is 11.9 Å². The molecule has 1 atom stereocenters. The van der Waals surface area contributed by atoms with Crippen molar-refractivity contribution in [3.8, 4) is 0 Å². The molecule has 1 aromatic carbocycles. The first kappa shape index (κ1) is 14.3. The monoisotopic (exact) mass is 264 g/mol. The minimum atomic E-state index is -0.0791. The molecule has 0 spiro atoms. The smallest absolute Gasteiger partial charge is 0.146 e. The highest BCUT2D eigenvalue weighted by Gasteiger charge is 2.16. The molecule has 1 aliphatic heterocycles. The van der Waals surface area contributed by atoms with Crippen LogP contribution in [0.4, 0.5) is 10.1 Å². The van der Waals surface area contributed by atoms with Crippen LogP contribution in [0.5, 0.6) is 0 Å². The van der Waals surface area contributed by atoms with Gasteiger partial charge in [-0.05, 0) is 56.8 Å². The van der Waals surface area contributed by atoms with E-state index in [1.54, 1.807) is 6.07 Å². The van der Waals surface area contributed by atoms with Crippen LogP contribution in [0.2, 0.25) is 0 Å². The fourth-order valence-electron chi connectivity index (χ4n) is 2.66. The standard InChI is InChI=1S/C16H25FN2/c1-3-9-18-13(2)14-7-8-16(15(17)12-14)19-10-5-4-6-11-19/h7-8,12-13,18H,3-6,9-11H2,1-2H3/t13-/m0/s1. The summed E-state index contributed by atoms with van der Waals surface area (Å²) in [5, 5.41) is 3.39. The molecule has 1 N–H and O–H groups in total. The van der Waals surface area contributed by atoms with Crippen LogP contribution in [-0.2, 0) is 0 Å². The maximum Gasteiger partial charge on any atom is 0.146 e. The van der Waals surface area contributed by atoms with Gasteiger partial charge in [-0.1, -0.05) is 13.0 Å². The minimum Gasteiger partial charge on any atom is -0.369 e. The van der Waals surface area contributed by atoms with E-state index in [0.717, 1.165) is 37.3 Å². The fourth-order valence-corrected chi connectivity index (χ4v) is 2.66. The van der Waals surface area contributed by atoms with Crippen LogP contribution in [0.1, 0.15) is 51.1 Å². The summed E-state index contributed by atoms with van der Waals surface area (Å²) in [4.78, 5) is 2.17. The van der Waals surface area contributed by atoms with Crippen LogP contribution in [-0.4, -0.2) is 19.6 Å². The second-order valence-corrected chi connectivity index (χ2v) is 5.43. The number of halogens is 1. The van der Waals surface area contributed by atoms with Crippen molar-refractivity contribution < 1.29 is 4.39 Å². The van der Waals surface area contributed by atoms with E-state index in [1.165, 1.54) is 19.3 Å². The third-order valence-corrected chi connectivity index (χ3v) is 3.87. The molecule has 2 rings (SSSR count). The van der Waals surface area contributed by atoms with E-state index in [1.807, 2.05) is 6.07 Å². The number of anilines is 1. The maximum atomic E-state index is 14.2. The van der Waals surface area contributed by atoms with E-state index in [2.05, 4.69) is 30.1 Å². The van der Waals surface area contributed by atoms with E-state index >= 15 is 0 Å². The number of hydrogen-bond acceptors (Lipinski definition) is 2. The van der Waals surface area contributed by atoms with Gasteiger partial charge in [-0.15, -0.1) is 0 Å². The minimum absolute atomic E-state index is 0.0791. The average molecular weight is 264 g/mol. The summed E-state index contributed by atoms with van der Waals surface area (Å²) < 4.78 is 14.2. The Morgan fingerprint density at radius 2 is 2.00 bits per heavy atom. The predicted molar refractivity (Wildman–Crippen MR) is 79.2 cm³/mol. The van der Waals surface area contributed by atoms with Gasteiger partial charge in [0.25, 0.3) is 0 Å². The molecule has 0 aliphatic carbocycles. The van der Waals surface area contributed by atoms with Crippen LogP contribution in [0.25, 0.3) is 0 Å². The van der Waals surface area contributed by atoms with Gasteiger partial charge in [-0.2, -0.15) is 0 Å². The van der Waals surface area contributed by atoms with Crippen molar-refractivity contribution in [1.29, 1.82) is 0 Å². The Bertz CT molecular complexity index is 400. The van der Waals surface area contributed by atoms with Crippen LogP contribution < -0.4 is 10.2 Å². The topological polar surface area (TPSA) is 15.3 Å². The first-order valence-corrected chi connectivity index (χ1v) is 7.50. The quantitative estimate of drug-likeness (QED) is 0.868. The Kier molecular flexibility index (Phi) is 5.20. The molecule has 106 valence electrons. The van der Waals surface area contributed by atoms with E-state index in [4.69, 9.17) is 0 Å². The summed E-state index contributed by atoms with van der Waals surface area (Å²) in [6.45, 7) is 7.17. The summed E-state index contributed by atoms with van der Waals surface area (Å²) in [6.07, 6.45) is 4.72. The van der Waals surface area contributed by atoms with Crippen LogP contribution in [0.15, 0.2) is 18.2 Å². The van der Waals surface area contributed by atoms with Crippen molar-refractivity contribution in [3.63, 3.8) is 0 Å². The van der Waals surface area contributed by atoms with E-state index in [0.29, 0.717) is 0 Å². The van der Waals surface area contributed by atoms with Crippen molar-refractivity contribution in [1.82, 2.24) is 5.32 Å². The molecule has 0 amide bonds. The average Bonchev–Trinajstić information content (AvgIpc) is 2.45. The second-order valence-electron chi connectivity index (χ2n) is 5.43. The van der Waals surface area contributed by atoms with Crippen molar-refractivity contribution in [3.05, 3.63) is 29.6 Å². The molecule has 0 unspecified atom stereocenters. The molecule has 0 saturated carbocycles. The third-order valence-electron chi connectivity index (χ3n) is 3.87. The zero-order valence-electron chi connectivity index (χ0n) is 12.1. The third kappa shape index (κ3) is 3.69. The lowest BCUT2D eigenvalue weighted by molar-refractivity contribution is 0.547. The van der Waals surface area contributed by atoms with Gasteiger partial charge >= 0.3 is 0 Å². The zero-order chi connectivity index (χ0) is 13.7. The van der Waals surface area contributed by atoms with Gasteiger partial charge in [-0.25, -0.2) is 4.39 Å². The SMILES string of the molecule is CCCN[C@@H](C)c1ccc(N2CCCCC2)c(F)c1. The van der Waals surface area contributed by atoms with Gasteiger partial charge in [0, 0.05) is 19.1 Å². The molecular formula is C16H25FN2. The lowest BCUT2D eigenvalue weighted by Crippen LogP contribution is -2.30. The molecule has 1 aliphatic rings. The normalized spacial score (nSPS) is 17.5. The Morgan fingerprint density at radius 3 is 2.63 bits per heavy atom. The van der Waals surface area contributed by atoms with Crippen LogP contribution in [0, 0.1) is 5.82 Å². The molecule has 1 fully saturated rings. The molecule has 3 heteroatoms. The first-order chi connectivity index (χ1) is 9.22. The summed E-state index contributed by atoms with van der Waals surface area (Å²) in [5.41, 5.74) is 1.80. The zero-order valence-corrected chi connectivity index (χ0v) is 12.1. The van der Waals surface area contributed by atoms with Gasteiger partial charge < -0.3 is 10.2 Å². The fraction of sp³-hybridized carbons (Fsp3) is 0.625. The van der Waals surface area contributed by atoms with Crippen molar-refractivity contribution in [2.24, 2.45) is 0 Å². The summed E-state index contributed by atoms with van der Waals surface area (Å²) >= 11 is 0. The molecule has 0 bridgehead atoms. The predicted octanol–water partition coefficient (Wildman–Crippen LogP) is 3.88. The van der Waals surface area contributed by atoms with Gasteiger partial charge in [-0.3, -0.25) is 0 Å². The highest BCUT2D eigenvalue weighted by molar-refractivity contribution is 5.49. The van der Waals surface area contributed by atoms with Crippen molar-refractivity contribution in [2.45, 2.75) is 45.6 Å². The van der Waals surface area contributed by atoms with Gasteiger partial charge in [0.05, 0.1) is 5.69 Å². The summed E-state index contributed by atoms with van der Waals surface area (Å²) in [6, 6.07) is 5.91. The van der Waals surface area contributed by atoms with E-state index in [9.17, 15) is 4.39 Å². The van der Waals surface area contributed by atoms with Crippen molar-refractivity contribution in [2.75, 3.05) is 24.5 Å². The van der Waals surface area contributed by atoms with Gasteiger partial charge in [0.2, 0.25) is 0 Å². The Balaban J connectivity index is 2.07. The number of nitrogens with zero attached hydrogens (tertiary/aromatic N) is 1. The largest absolute Gasteiger partial charge is 0.369 e. The number of rotatable bonds is 5. The van der Waals surface area contributed by atoms with Gasteiger partial charge in [0.1, 0.15) is 5.82 Å². The molecule has 0 radical (unpaired) electrons. The van der Waals surface area contributed by atoms with Gasteiger partial charge in [0.15, 0.2) is 0 Å². The highest BCUT2D eigenvalue weighted by Crippen LogP contribution is 2.26. The molecule has 2 nitrogen and oxygen atoms in total. The first-order valence-electron chi connectivity index (χ1n) is 7.50. The second kappa shape index (κ2) is 6.90. The molecular weight excluding hydrogens is 239 g/mol. The van der Waals surface area contributed by atoms with Crippen LogP contribution in [0.3, 0.4) is 0 Å². The molecule has 0 aromatic heterocycles. The lowest BCUT2D eigenvalue weighted by Gasteiger charge is -2.29.